The molecule has 0 saturated heterocycles. The molecular weight excluding hydrogens is 238 g/mol. The van der Waals surface area contributed by atoms with Crippen molar-refractivity contribution in [2.75, 3.05) is 14.2 Å². The second kappa shape index (κ2) is 5.54. The van der Waals surface area contributed by atoms with E-state index in [-0.39, 0.29) is 0 Å². The van der Waals surface area contributed by atoms with Crippen LogP contribution < -0.4 is 14.2 Å². The molecule has 0 unspecified atom stereocenters. The summed E-state index contributed by atoms with van der Waals surface area (Å²) in [5.74, 6) is 2.08. The average molecular weight is 251 g/mol. The van der Waals surface area contributed by atoms with Crippen molar-refractivity contribution >= 4 is 11.3 Å². The molecule has 0 fully saturated rings. The van der Waals surface area contributed by atoms with Crippen LogP contribution in [0.3, 0.4) is 0 Å². The lowest BCUT2D eigenvalue weighted by atomic mass is 10.3. The monoisotopic (exact) mass is 251 g/mol. The minimum atomic E-state index is 0.445. The van der Waals surface area contributed by atoms with Gasteiger partial charge in [-0.25, -0.2) is 4.98 Å². The third-order valence-electron chi connectivity index (χ3n) is 2.21. The molecule has 1 heterocycles. The summed E-state index contributed by atoms with van der Waals surface area (Å²) in [5, 5.41) is 2.85. The van der Waals surface area contributed by atoms with Crippen molar-refractivity contribution in [3.63, 3.8) is 0 Å². The van der Waals surface area contributed by atoms with Gasteiger partial charge in [0.15, 0.2) is 11.5 Å². The number of ether oxygens (including phenoxy) is 3. The lowest BCUT2D eigenvalue weighted by Gasteiger charge is -2.10. The topological polar surface area (TPSA) is 40.6 Å². The number of nitrogens with zero attached hydrogens (tertiary/aromatic N) is 1. The molecule has 0 amide bonds. The summed E-state index contributed by atoms with van der Waals surface area (Å²) in [4.78, 5) is 4.15. The largest absolute Gasteiger partial charge is 0.497 e. The van der Waals surface area contributed by atoms with Gasteiger partial charge in [-0.3, -0.25) is 0 Å². The highest BCUT2D eigenvalue weighted by atomic mass is 32.1. The summed E-state index contributed by atoms with van der Waals surface area (Å²) in [7, 11) is 3.22. The van der Waals surface area contributed by atoms with E-state index in [2.05, 4.69) is 4.98 Å². The van der Waals surface area contributed by atoms with Gasteiger partial charge in [-0.2, -0.15) is 0 Å². The van der Waals surface area contributed by atoms with Crippen LogP contribution in [0.2, 0.25) is 0 Å². The zero-order chi connectivity index (χ0) is 12.1. The highest BCUT2D eigenvalue weighted by molar-refractivity contribution is 7.09. The molecule has 0 aliphatic heterocycles. The summed E-state index contributed by atoms with van der Waals surface area (Å²) in [6, 6.07) is 5.45. The van der Waals surface area contributed by atoms with Gasteiger partial charge < -0.3 is 14.2 Å². The quantitative estimate of drug-likeness (QED) is 0.819. The fraction of sp³-hybridized carbons (Fsp3) is 0.250. The Kier molecular flexibility index (Phi) is 3.82. The van der Waals surface area contributed by atoms with Crippen molar-refractivity contribution in [2.24, 2.45) is 0 Å². The lowest BCUT2D eigenvalue weighted by molar-refractivity contribution is 0.282. The van der Waals surface area contributed by atoms with Crippen LogP contribution in [0.15, 0.2) is 29.8 Å². The highest BCUT2D eigenvalue weighted by Gasteiger charge is 2.07. The maximum atomic E-state index is 5.64. The average Bonchev–Trinajstić information content (AvgIpc) is 2.89. The first-order valence-electron chi connectivity index (χ1n) is 5.06. The van der Waals surface area contributed by atoms with Crippen LogP contribution in [0.4, 0.5) is 0 Å². The van der Waals surface area contributed by atoms with Gasteiger partial charge in [0, 0.05) is 17.6 Å². The fourth-order valence-corrected chi connectivity index (χ4v) is 1.89. The summed E-state index contributed by atoms with van der Waals surface area (Å²) >= 11 is 1.56. The van der Waals surface area contributed by atoms with Crippen LogP contribution in [-0.2, 0) is 6.61 Å². The third kappa shape index (κ3) is 2.88. The van der Waals surface area contributed by atoms with Gasteiger partial charge in [0.2, 0.25) is 0 Å². The van der Waals surface area contributed by atoms with Gasteiger partial charge in [0.1, 0.15) is 17.4 Å². The molecule has 0 radical (unpaired) electrons. The van der Waals surface area contributed by atoms with Gasteiger partial charge in [0.05, 0.1) is 14.2 Å². The molecule has 0 saturated carbocycles. The van der Waals surface area contributed by atoms with E-state index in [1.165, 1.54) is 0 Å². The molecule has 90 valence electrons. The van der Waals surface area contributed by atoms with E-state index in [9.17, 15) is 0 Å². The van der Waals surface area contributed by atoms with E-state index in [1.807, 2.05) is 17.5 Å². The number of hydrogen-bond acceptors (Lipinski definition) is 5. The number of rotatable bonds is 5. The predicted octanol–water partition coefficient (Wildman–Crippen LogP) is 2.74. The third-order valence-corrected chi connectivity index (χ3v) is 2.96. The summed E-state index contributed by atoms with van der Waals surface area (Å²) in [6.07, 6.45) is 1.76. The van der Waals surface area contributed by atoms with E-state index < -0.39 is 0 Å². The molecule has 4 nitrogen and oxygen atoms in total. The molecule has 0 bridgehead atoms. The first-order chi connectivity index (χ1) is 8.33. The van der Waals surface area contributed by atoms with E-state index in [4.69, 9.17) is 14.2 Å². The Morgan fingerprint density at radius 3 is 2.71 bits per heavy atom. The second-order valence-electron chi connectivity index (χ2n) is 3.23. The van der Waals surface area contributed by atoms with Gasteiger partial charge in [-0.15, -0.1) is 11.3 Å². The van der Waals surface area contributed by atoms with Crippen LogP contribution in [0.1, 0.15) is 5.01 Å². The number of thiazole rings is 1. The first-order valence-corrected chi connectivity index (χ1v) is 5.94. The van der Waals surface area contributed by atoms with Gasteiger partial charge in [-0.05, 0) is 12.1 Å². The molecule has 2 aromatic rings. The second-order valence-corrected chi connectivity index (χ2v) is 4.21. The van der Waals surface area contributed by atoms with Crippen molar-refractivity contribution in [2.45, 2.75) is 6.61 Å². The first kappa shape index (κ1) is 11.7. The fourth-order valence-electron chi connectivity index (χ4n) is 1.36. The standard InChI is InChI=1S/C12H13NO3S/c1-14-9-3-4-10(11(7-9)15-2)16-8-12-13-5-6-17-12/h3-7H,8H2,1-2H3. The zero-order valence-corrected chi connectivity index (χ0v) is 10.5. The van der Waals surface area contributed by atoms with Crippen LogP contribution in [0.5, 0.6) is 17.2 Å². The van der Waals surface area contributed by atoms with Crippen LogP contribution in [-0.4, -0.2) is 19.2 Å². The zero-order valence-electron chi connectivity index (χ0n) is 9.67. The molecule has 1 aromatic heterocycles. The minimum absolute atomic E-state index is 0.445. The molecule has 0 atom stereocenters. The predicted molar refractivity (Wildman–Crippen MR) is 66.0 cm³/mol. The minimum Gasteiger partial charge on any atom is -0.497 e. The van der Waals surface area contributed by atoms with Crippen LogP contribution in [0, 0.1) is 0 Å². The van der Waals surface area contributed by atoms with Gasteiger partial charge >= 0.3 is 0 Å². The van der Waals surface area contributed by atoms with Crippen molar-refractivity contribution in [1.29, 1.82) is 0 Å². The molecule has 0 aliphatic rings. The molecule has 0 N–H and O–H groups in total. The number of methoxy groups -OCH3 is 2. The Labute approximate surface area is 104 Å². The Hall–Kier alpha value is -1.75. The normalized spacial score (nSPS) is 10.0. The maximum absolute atomic E-state index is 5.64. The Morgan fingerprint density at radius 1 is 1.18 bits per heavy atom. The van der Waals surface area contributed by atoms with Gasteiger partial charge in [-0.1, -0.05) is 0 Å². The summed E-state index contributed by atoms with van der Waals surface area (Å²) in [5.41, 5.74) is 0. The van der Waals surface area contributed by atoms with Crippen molar-refractivity contribution in [1.82, 2.24) is 4.98 Å². The molecule has 0 aliphatic carbocycles. The number of hydrogen-bond donors (Lipinski definition) is 0. The Morgan fingerprint density at radius 2 is 2.06 bits per heavy atom. The number of aromatic nitrogens is 1. The molecule has 1 aromatic carbocycles. The van der Waals surface area contributed by atoms with E-state index in [0.717, 1.165) is 10.8 Å². The number of benzene rings is 1. The Bertz CT molecular complexity index is 471. The Balaban J connectivity index is 2.09. The molecule has 2 rings (SSSR count). The van der Waals surface area contributed by atoms with Crippen LogP contribution in [0.25, 0.3) is 0 Å². The molecule has 0 spiro atoms. The van der Waals surface area contributed by atoms with E-state index >= 15 is 0 Å². The summed E-state index contributed by atoms with van der Waals surface area (Å²) < 4.78 is 16.0. The summed E-state index contributed by atoms with van der Waals surface area (Å²) in [6.45, 7) is 0.445. The molecular formula is C12H13NO3S. The van der Waals surface area contributed by atoms with E-state index in [0.29, 0.717) is 18.1 Å². The molecule has 17 heavy (non-hydrogen) atoms. The van der Waals surface area contributed by atoms with Crippen LogP contribution >= 0.6 is 11.3 Å². The smallest absolute Gasteiger partial charge is 0.164 e. The van der Waals surface area contributed by atoms with Crippen molar-refractivity contribution < 1.29 is 14.2 Å². The molecule has 5 heteroatoms. The highest BCUT2D eigenvalue weighted by Crippen LogP contribution is 2.31. The van der Waals surface area contributed by atoms with Gasteiger partial charge in [0.25, 0.3) is 0 Å². The van der Waals surface area contributed by atoms with Crippen molar-refractivity contribution in [3.8, 4) is 17.2 Å². The van der Waals surface area contributed by atoms with E-state index in [1.54, 1.807) is 37.8 Å². The maximum Gasteiger partial charge on any atom is 0.164 e. The lowest BCUT2D eigenvalue weighted by Crippen LogP contribution is -1.97. The van der Waals surface area contributed by atoms with Crippen molar-refractivity contribution in [3.05, 3.63) is 34.8 Å². The SMILES string of the molecule is COc1ccc(OCc2nccs2)c(OC)c1.